The quantitative estimate of drug-likeness (QED) is 0.151. The van der Waals surface area contributed by atoms with E-state index in [1.807, 2.05) is 24.3 Å². The van der Waals surface area contributed by atoms with Gasteiger partial charge in [-0.1, -0.05) is 206 Å². The highest BCUT2D eigenvalue weighted by molar-refractivity contribution is 5.93. The summed E-state index contributed by atoms with van der Waals surface area (Å²) in [6, 6.07) is 83.4. The van der Waals surface area contributed by atoms with E-state index in [1.165, 1.54) is 22.3 Å². The van der Waals surface area contributed by atoms with Crippen molar-refractivity contribution in [1.29, 1.82) is 0 Å². The van der Waals surface area contributed by atoms with E-state index in [4.69, 9.17) is 4.42 Å². The van der Waals surface area contributed by atoms with E-state index in [-0.39, 0.29) is 18.1 Å². The Bertz CT molecular complexity index is 3510. The zero-order valence-corrected chi connectivity index (χ0v) is 35.9. The van der Waals surface area contributed by atoms with Gasteiger partial charge in [0.25, 0.3) is 0 Å². The molecular formula is C64H43NO. The number of anilines is 3. The molecule has 0 fully saturated rings. The summed E-state index contributed by atoms with van der Waals surface area (Å²) in [6.45, 7) is 0. The van der Waals surface area contributed by atoms with Crippen LogP contribution < -0.4 is 4.90 Å². The number of hydrogen-bond acceptors (Lipinski definition) is 2. The summed E-state index contributed by atoms with van der Waals surface area (Å²) in [5.74, 6) is 0. The third-order valence-electron chi connectivity index (χ3n) is 14.1. The molecule has 0 amide bonds. The molecule has 0 saturated carbocycles. The molecule has 2 heteroatoms. The van der Waals surface area contributed by atoms with Crippen LogP contribution in [0.3, 0.4) is 0 Å². The molecule has 310 valence electrons. The van der Waals surface area contributed by atoms with E-state index in [0.29, 0.717) is 22.4 Å². The Balaban J connectivity index is 1.10. The zero-order chi connectivity index (χ0) is 46.3. The number of hydrogen-bond donors (Lipinski definition) is 0. The Morgan fingerprint density at radius 2 is 0.788 bits per heavy atom. The van der Waals surface area contributed by atoms with Crippen LogP contribution in [0.2, 0.25) is 0 Å². The third-order valence-corrected chi connectivity index (χ3v) is 14.1. The SMILES string of the molecule is [2H]c1cc(N(c2ccc3c(c2)C(c2ccccc2)(c2ccccc2)c2ccccc2-3)c2ccc3c(c2)C(c2ccccc2)(c2ccccc2)c2ccccc2-3)c([2H])c([2H])c1-c1ccc2ccoc2c1. The third kappa shape index (κ3) is 5.55. The molecule has 0 N–H and O–H groups in total. The number of furan rings is 1. The van der Waals surface area contributed by atoms with Gasteiger partial charge < -0.3 is 9.32 Å². The molecule has 2 aliphatic carbocycles. The average molecular weight is 845 g/mol. The molecule has 66 heavy (non-hydrogen) atoms. The Kier molecular flexibility index (Phi) is 7.99. The fourth-order valence-electron chi connectivity index (χ4n) is 11.3. The lowest BCUT2D eigenvalue weighted by atomic mass is 9.67. The summed E-state index contributed by atoms with van der Waals surface area (Å²) in [5.41, 5.74) is 16.3. The molecule has 0 bridgehead atoms. The van der Waals surface area contributed by atoms with Gasteiger partial charge in [0.1, 0.15) is 5.58 Å². The molecule has 0 radical (unpaired) electrons. The van der Waals surface area contributed by atoms with Gasteiger partial charge in [-0.15, -0.1) is 0 Å². The van der Waals surface area contributed by atoms with Crippen molar-refractivity contribution in [2.45, 2.75) is 10.8 Å². The molecule has 0 aliphatic heterocycles. The predicted octanol–water partition coefficient (Wildman–Crippen LogP) is 16.3. The largest absolute Gasteiger partial charge is 0.464 e. The minimum absolute atomic E-state index is 0.0166. The minimum Gasteiger partial charge on any atom is -0.464 e. The van der Waals surface area contributed by atoms with Crippen LogP contribution in [0.25, 0.3) is 44.3 Å². The maximum Gasteiger partial charge on any atom is 0.134 e. The molecule has 2 aliphatic rings. The van der Waals surface area contributed by atoms with Crippen molar-refractivity contribution >= 4 is 28.0 Å². The van der Waals surface area contributed by atoms with E-state index in [1.54, 1.807) is 12.3 Å². The van der Waals surface area contributed by atoms with Gasteiger partial charge in [-0.2, -0.15) is 0 Å². The van der Waals surface area contributed by atoms with E-state index in [2.05, 4.69) is 211 Å². The van der Waals surface area contributed by atoms with Crippen molar-refractivity contribution in [1.82, 2.24) is 0 Å². The molecule has 13 rings (SSSR count). The van der Waals surface area contributed by atoms with E-state index < -0.39 is 10.8 Å². The molecule has 0 spiro atoms. The van der Waals surface area contributed by atoms with E-state index in [9.17, 15) is 4.11 Å². The second-order valence-electron chi connectivity index (χ2n) is 17.3. The van der Waals surface area contributed by atoms with Crippen LogP contribution >= 0.6 is 0 Å². The van der Waals surface area contributed by atoms with Crippen LogP contribution in [-0.4, -0.2) is 0 Å². The Labute approximate surface area is 389 Å². The molecule has 10 aromatic carbocycles. The fourth-order valence-corrected chi connectivity index (χ4v) is 11.3. The summed E-state index contributed by atoms with van der Waals surface area (Å²) in [6.07, 6.45) is 1.65. The summed E-state index contributed by atoms with van der Waals surface area (Å²) < 4.78 is 35.2. The van der Waals surface area contributed by atoms with E-state index in [0.717, 1.165) is 61.3 Å². The lowest BCUT2D eigenvalue weighted by Gasteiger charge is -2.36. The van der Waals surface area contributed by atoms with Crippen LogP contribution in [0.5, 0.6) is 0 Å². The van der Waals surface area contributed by atoms with Crippen LogP contribution in [-0.2, 0) is 10.8 Å². The van der Waals surface area contributed by atoms with Crippen LogP contribution in [0.15, 0.2) is 265 Å². The van der Waals surface area contributed by atoms with Crippen molar-refractivity contribution in [2.75, 3.05) is 4.90 Å². The van der Waals surface area contributed by atoms with Gasteiger partial charge in [0.2, 0.25) is 0 Å². The summed E-state index contributed by atoms with van der Waals surface area (Å²) in [4.78, 5) is 2.12. The van der Waals surface area contributed by atoms with Crippen molar-refractivity contribution in [3.63, 3.8) is 0 Å². The van der Waals surface area contributed by atoms with Gasteiger partial charge in [0.05, 0.1) is 21.2 Å². The first-order valence-corrected chi connectivity index (χ1v) is 22.6. The highest BCUT2D eigenvalue weighted by Gasteiger charge is 2.48. The Morgan fingerprint density at radius 1 is 0.333 bits per heavy atom. The first kappa shape index (κ1) is 35.0. The maximum absolute atomic E-state index is 10.0. The lowest BCUT2D eigenvalue weighted by molar-refractivity contribution is 0.616. The lowest BCUT2D eigenvalue weighted by Crippen LogP contribution is -2.29. The summed E-state index contributed by atoms with van der Waals surface area (Å²) >= 11 is 0. The van der Waals surface area contributed by atoms with Crippen LogP contribution in [0.1, 0.15) is 48.6 Å². The summed E-state index contributed by atoms with van der Waals surface area (Å²) in [7, 11) is 0. The topological polar surface area (TPSA) is 16.4 Å². The van der Waals surface area contributed by atoms with Crippen LogP contribution in [0.4, 0.5) is 17.1 Å². The molecule has 11 aromatic rings. The number of fused-ring (bicyclic) bond motifs is 7. The molecule has 1 aromatic heterocycles. The van der Waals surface area contributed by atoms with E-state index >= 15 is 0 Å². The van der Waals surface area contributed by atoms with Crippen LogP contribution in [0, 0.1) is 0 Å². The number of nitrogens with zero attached hydrogens (tertiary/aromatic N) is 1. The van der Waals surface area contributed by atoms with Gasteiger partial charge in [0, 0.05) is 22.4 Å². The molecule has 0 unspecified atom stereocenters. The minimum atomic E-state index is -0.676. The molecule has 0 saturated heterocycles. The highest BCUT2D eigenvalue weighted by Crippen LogP contribution is 2.59. The maximum atomic E-state index is 10.0. The van der Waals surface area contributed by atoms with Crippen molar-refractivity contribution < 1.29 is 8.53 Å². The smallest absolute Gasteiger partial charge is 0.134 e. The average Bonchev–Trinajstić information content (AvgIpc) is 4.09. The second-order valence-corrected chi connectivity index (χ2v) is 17.3. The first-order chi connectivity index (χ1) is 34.0. The molecule has 0 atom stereocenters. The second kappa shape index (κ2) is 15.1. The highest BCUT2D eigenvalue weighted by atomic mass is 16.3. The van der Waals surface area contributed by atoms with Gasteiger partial charge in [-0.25, -0.2) is 0 Å². The fraction of sp³-hybridized carbons (Fsp3) is 0.0312. The van der Waals surface area contributed by atoms with Crippen molar-refractivity contribution in [2.24, 2.45) is 0 Å². The van der Waals surface area contributed by atoms with Crippen molar-refractivity contribution in [3.8, 4) is 33.4 Å². The molecule has 2 nitrogen and oxygen atoms in total. The number of rotatable bonds is 8. The molecule has 1 heterocycles. The monoisotopic (exact) mass is 844 g/mol. The summed E-state index contributed by atoms with van der Waals surface area (Å²) in [5, 5.41) is 0.937. The normalized spacial score (nSPS) is 14.3. The Morgan fingerprint density at radius 3 is 1.29 bits per heavy atom. The predicted molar refractivity (Wildman–Crippen MR) is 271 cm³/mol. The Hall–Kier alpha value is -8.46. The first-order valence-electron chi connectivity index (χ1n) is 24.1. The number of benzene rings is 10. The zero-order valence-electron chi connectivity index (χ0n) is 38.9. The molecular weight excluding hydrogens is 799 g/mol. The van der Waals surface area contributed by atoms with Crippen molar-refractivity contribution in [3.05, 3.63) is 305 Å². The van der Waals surface area contributed by atoms with Gasteiger partial charge in [0.15, 0.2) is 0 Å². The standard InChI is InChI=1S/C64H43NO/c1-5-17-47(18-6-1)63(48-19-7-2-8-20-48)58-27-15-13-25-54(58)56-37-35-52(42-60(56)63)65(51-33-31-44(32-34-51)46-30-29-45-39-40-66-62(45)41-46)53-36-38-57-55-26-14-16-28-59(55)64(61(57)43-53,49-21-9-3-10-22-49)50-23-11-4-12-24-50/h1-43H/i31D,32D,33D. The van der Waals surface area contributed by atoms with Gasteiger partial charge in [-0.05, 0) is 126 Å². The van der Waals surface area contributed by atoms with Gasteiger partial charge >= 0.3 is 0 Å². The van der Waals surface area contributed by atoms with Gasteiger partial charge in [-0.3, -0.25) is 0 Å².